The summed E-state index contributed by atoms with van der Waals surface area (Å²) in [5.41, 5.74) is 4.63. The average molecular weight is 1290 g/mol. The molecule has 20 nitrogen and oxygen atoms in total. The molecular formula is C66H81BrN8O12S. The van der Waals surface area contributed by atoms with Gasteiger partial charge < -0.3 is 55.5 Å². The molecule has 3 atom stereocenters. The van der Waals surface area contributed by atoms with Crippen LogP contribution in [0.3, 0.4) is 0 Å². The van der Waals surface area contributed by atoms with Gasteiger partial charge >= 0.3 is 30.3 Å². The van der Waals surface area contributed by atoms with Crippen LogP contribution in [-0.2, 0) is 52.8 Å². The summed E-state index contributed by atoms with van der Waals surface area (Å²) < 4.78 is 24.4. The number of nitrogens with zero attached hydrogens (tertiary/aromatic N) is 3. The lowest BCUT2D eigenvalue weighted by Crippen LogP contribution is -2.56. The minimum atomic E-state index is -1.46. The van der Waals surface area contributed by atoms with Gasteiger partial charge in [-0.05, 0) is 158 Å². The van der Waals surface area contributed by atoms with Crippen LogP contribution in [0.15, 0.2) is 130 Å². The normalized spacial score (nSPS) is 13.3. The monoisotopic (exact) mass is 1290 g/mol. The Hall–Kier alpha value is -7.95. The number of carbonyl (C=O) groups excluding carboxylic acids is 6. The van der Waals surface area contributed by atoms with Crippen molar-refractivity contribution in [2.75, 3.05) is 26.7 Å². The molecule has 0 saturated heterocycles. The van der Waals surface area contributed by atoms with Crippen molar-refractivity contribution in [2.45, 2.75) is 165 Å². The van der Waals surface area contributed by atoms with E-state index in [1.165, 1.54) is 29.6 Å². The Balaban J connectivity index is 1.09. The molecule has 6 N–H and O–H groups in total. The number of likely N-dealkylation sites (N-methyl/N-ethyl adjacent to an activating group) is 1. The third-order valence-electron chi connectivity index (χ3n) is 14.2. The summed E-state index contributed by atoms with van der Waals surface area (Å²) in [6.07, 6.45) is 1.70. The molecule has 22 heteroatoms. The van der Waals surface area contributed by atoms with E-state index in [0.717, 1.165) is 47.6 Å². The molecule has 2 aromatic heterocycles. The first-order valence-electron chi connectivity index (χ1n) is 29.4. The van der Waals surface area contributed by atoms with Crippen molar-refractivity contribution in [1.29, 1.82) is 0 Å². The summed E-state index contributed by atoms with van der Waals surface area (Å²) in [6.45, 7) is 16.4. The van der Waals surface area contributed by atoms with Gasteiger partial charge in [0.2, 0.25) is 11.8 Å². The molecule has 470 valence electrons. The Labute approximate surface area is 527 Å². The molecule has 5 amide bonds. The van der Waals surface area contributed by atoms with Crippen molar-refractivity contribution < 1.29 is 57.6 Å². The third-order valence-corrected chi connectivity index (χ3v) is 16.1. The van der Waals surface area contributed by atoms with Crippen molar-refractivity contribution in [3.05, 3.63) is 148 Å². The van der Waals surface area contributed by atoms with E-state index in [1.807, 2.05) is 48.5 Å². The van der Waals surface area contributed by atoms with E-state index in [2.05, 4.69) is 66.8 Å². The van der Waals surface area contributed by atoms with Gasteiger partial charge in [-0.3, -0.25) is 14.2 Å². The van der Waals surface area contributed by atoms with E-state index in [-0.39, 0.29) is 58.0 Å². The summed E-state index contributed by atoms with van der Waals surface area (Å²) in [6, 6.07) is 28.9. The predicted octanol–water partition coefficient (Wildman–Crippen LogP) is 11.9. The Bertz CT molecular complexity index is 3420. The van der Waals surface area contributed by atoms with Crippen LogP contribution in [0.2, 0.25) is 0 Å². The van der Waals surface area contributed by atoms with E-state index >= 15 is 0 Å². The van der Waals surface area contributed by atoms with Crippen LogP contribution in [-0.4, -0.2) is 123 Å². The maximum absolute atomic E-state index is 14.9. The number of carboxylic acids is 1. The number of alkyl carbamates (subject to hydrolysis) is 3. The Morgan fingerprint density at radius 2 is 1.27 bits per heavy atom. The maximum atomic E-state index is 14.9. The Morgan fingerprint density at radius 1 is 0.670 bits per heavy atom. The lowest BCUT2D eigenvalue weighted by atomic mass is 9.98. The summed E-state index contributed by atoms with van der Waals surface area (Å²) in [7, 11) is 1.37. The maximum Gasteiger partial charge on any atom is 0.419 e. The Kier molecular flexibility index (Phi) is 23.3. The van der Waals surface area contributed by atoms with E-state index in [4.69, 9.17) is 23.9 Å². The number of para-hydroxylation sites is 1. The van der Waals surface area contributed by atoms with Gasteiger partial charge in [0.25, 0.3) is 0 Å². The number of aliphatic carboxylic acids is 1. The molecule has 2 heterocycles. The fraction of sp³-hybridized carbons (Fsp3) is 0.424. The number of rotatable bonds is 25. The SMILES string of the molecule is CN(C(=O)[C@H](CCCCNC(=O)OC(C)(C)C)NC(=O)[C@H](CCCNC(=O)OC(C)(C)C)NCc1cccnc1Sc1cccc(Br)c1CNC(=O)OCC1c2ccccc2-c2ccccc21)[C@@H](Cc1cn(C(=O)OC(C)(C)C)c2ccccc12)C(=O)O. The van der Waals surface area contributed by atoms with Crippen molar-refractivity contribution in [3.8, 4) is 11.1 Å². The van der Waals surface area contributed by atoms with E-state index < -0.39 is 77.1 Å². The van der Waals surface area contributed by atoms with Crippen molar-refractivity contribution in [3.63, 3.8) is 0 Å². The number of benzene rings is 4. The van der Waals surface area contributed by atoms with Gasteiger partial charge in [-0.15, -0.1) is 0 Å². The van der Waals surface area contributed by atoms with Crippen LogP contribution in [0.1, 0.15) is 128 Å². The minimum absolute atomic E-state index is 0.0522. The fourth-order valence-corrected chi connectivity index (χ4v) is 11.8. The van der Waals surface area contributed by atoms with Gasteiger partial charge in [-0.2, -0.15) is 0 Å². The number of halogens is 1. The molecule has 88 heavy (non-hydrogen) atoms. The number of amides is 5. The topological polar surface area (TPSA) is 258 Å². The average Bonchev–Trinajstić information content (AvgIpc) is 1.75. The van der Waals surface area contributed by atoms with Crippen LogP contribution in [0.5, 0.6) is 0 Å². The van der Waals surface area contributed by atoms with Crippen molar-refractivity contribution in [1.82, 2.24) is 41.0 Å². The first kappa shape index (κ1) is 67.6. The highest BCUT2D eigenvalue weighted by molar-refractivity contribution is 9.10. The lowest BCUT2D eigenvalue weighted by molar-refractivity contribution is -0.150. The molecule has 6 aromatic rings. The number of hydrogen-bond acceptors (Lipinski definition) is 14. The number of nitrogens with one attached hydrogen (secondary N) is 5. The van der Waals surface area contributed by atoms with Gasteiger partial charge in [0.05, 0.1) is 11.6 Å². The number of pyridine rings is 1. The molecule has 0 unspecified atom stereocenters. The molecule has 0 spiro atoms. The van der Waals surface area contributed by atoms with E-state index in [1.54, 1.807) is 98.8 Å². The zero-order valence-corrected chi connectivity index (χ0v) is 54.0. The van der Waals surface area contributed by atoms with Gasteiger partial charge in [-0.1, -0.05) is 107 Å². The summed E-state index contributed by atoms with van der Waals surface area (Å²) in [5.74, 6) is -2.69. The standard InChI is InChI=1S/C66H81BrN8O12S/c1-64(2,3)85-61(81)69-33-18-17-29-52(58(77)74(10)54(59(78)79)36-42-39-75(63(83)87-66(7,8)9)53-31-16-15-23-43(42)53)73-56(76)51(30-21-35-70-62(82)86-65(4,5)6)71-37-41-22-20-34-68-57(41)88-55-32-19-28-50(67)48(55)38-72-60(80)84-40-49-46-26-13-11-24-44(46)45-25-12-14-27-47(45)49/h11-16,19-20,22-28,31-32,34,39,49,51-52,54,71H,17-18,21,29-30,33,35-38,40H2,1-10H3,(H,69,81)(H,70,82)(H,72,80)(H,73,76)(H,78,79)/t51-,52-,54-/m0/s1. The number of hydrogen-bond donors (Lipinski definition) is 6. The molecule has 0 aliphatic heterocycles. The molecule has 1 aliphatic rings. The van der Waals surface area contributed by atoms with Gasteiger partial charge in [0.15, 0.2) is 0 Å². The van der Waals surface area contributed by atoms with Gasteiger partial charge in [-0.25, -0.2) is 29.0 Å². The van der Waals surface area contributed by atoms with Crippen LogP contribution in [0, 0.1) is 0 Å². The van der Waals surface area contributed by atoms with E-state index in [9.17, 15) is 38.7 Å². The highest BCUT2D eigenvalue weighted by Gasteiger charge is 2.35. The number of ether oxygens (including phenoxy) is 4. The molecule has 0 fully saturated rings. The summed E-state index contributed by atoms with van der Waals surface area (Å²) in [5, 5.41) is 26.8. The van der Waals surface area contributed by atoms with E-state index in [0.29, 0.717) is 40.8 Å². The van der Waals surface area contributed by atoms with Crippen LogP contribution < -0.4 is 26.6 Å². The summed E-state index contributed by atoms with van der Waals surface area (Å²) >= 11 is 5.06. The fourth-order valence-electron chi connectivity index (χ4n) is 10.1. The first-order valence-corrected chi connectivity index (χ1v) is 31.0. The van der Waals surface area contributed by atoms with Crippen molar-refractivity contribution >= 4 is 80.8 Å². The molecule has 7 rings (SSSR count). The summed E-state index contributed by atoms with van der Waals surface area (Å²) in [4.78, 5) is 102. The number of aromatic nitrogens is 2. The highest BCUT2D eigenvalue weighted by atomic mass is 79.9. The van der Waals surface area contributed by atoms with Crippen LogP contribution >= 0.6 is 27.7 Å². The second-order valence-corrected chi connectivity index (χ2v) is 26.4. The van der Waals surface area contributed by atoms with Gasteiger partial charge in [0, 0.05) is 72.7 Å². The second-order valence-electron chi connectivity index (χ2n) is 24.5. The Morgan fingerprint density at radius 3 is 1.91 bits per heavy atom. The number of fused-ring (bicyclic) bond motifs is 4. The molecule has 4 aromatic carbocycles. The molecule has 0 saturated carbocycles. The zero-order chi connectivity index (χ0) is 63.9. The van der Waals surface area contributed by atoms with Crippen LogP contribution in [0.4, 0.5) is 19.2 Å². The quantitative estimate of drug-likeness (QED) is 0.0230. The largest absolute Gasteiger partial charge is 0.480 e. The van der Waals surface area contributed by atoms with Gasteiger partial charge in [0.1, 0.15) is 40.5 Å². The second kappa shape index (κ2) is 30.3. The molecular weight excluding hydrogens is 1210 g/mol. The minimum Gasteiger partial charge on any atom is -0.480 e. The smallest absolute Gasteiger partial charge is 0.419 e. The lowest BCUT2D eigenvalue weighted by Gasteiger charge is -2.30. The molecule has 1 aliphatic carbocycles. The number of carbonyl (C=O) groups is 7. The van der Waals surface area contributed by atoms with Crippen molar-refractivity contribution in [2.24, 2.45) is 0 Å². The predicted molar refractivity (Wildman–Crippen MR) is 340 cm³/mol. The molecule has 0 radical (unpaired) electrons. The number of carboxylic acid groups (broad SMARTS) is 1. The zero-order valence-electron chi connectivity index (χ0n) is 51.6. The number of unbranched alkanes of at least 4 members (excludes halogenated alkanes) is 1. The third kappa shape index (κ3) is 19.3. The van der Waals surface area contributed by atoms with Crippen LogP contribution in [0.25, 0.3) is 22.0 Å². The first-order chi connectivity index (χ1) is 41.7. The highest BCUT2D eigenvalue weighted by Crippen LogP contribution is 2.44. The molecule has 0 bridgehead atoms.